The molecule has 148 valence electrons. The minimum atomic E-state index is -0.338. The van der Waals surface area contributed by atoms with Gasteiger partial charge in [0.1, 0.15) is 11.6 Å². The third-order valence-electron chi connectivity index (χ3n) is 5.81. The van der Waals surface area contributed by atoms with Gasteiger partial charge < -0.3 is 4.90 Å². The molecule has 4 heterocycles. The van der Waals surface area contributed by atoms with Crippen molar-refractivity contribution < 1.29 is 4.39 Å². The third kappa shape index (κ3) is 2.78. The van der Waals surface area contributed by atoms with Crippen molar-refractivity contribution in [1.82, 2.24) is 29.6 Å². The van der Waals surface area contributed by atoms with E-state index in [4.69, 9.17) is 5.10 Å². The van der Waals surface area contributed by atoms with Crippen LogP contribution in [0.25, 0.3) is 17.0 Å². The van der Waals surface area contributed by atoms with Crippen molar-refractivity contribution in [1.29, 1.82) is 0 Å². The van der Waals surface area contributed by atoms with Gasteiger partial charge >= 0.3 is 0 Å². The molecule has 1 unspecified atom stereocenters. The van der Waals surface area contributed by atoms with Crippen LogP contribution in [0.5, 0.6) is 0 Å². The highest BCUT2D eigenvalue weighted by Gasteiger charge is 2.31. The summed E-state index contributed by atoms with van der Waals surface area (Å²) >= 11 is 0. The third-order valence-corrected chi connectivity index (χ3v) is 5.81. The van der Waals surface area contributed by atoms with Gasteiger partial charge in [-0.25, -0.2) is 4.39 Å². The summed E-state index contributed by atoms with van der Waals surface area (Å²) in [5.74, 6) is 0.902. The molecule has 29 heavy (non-hydrogen) atoms. The highest BCUT2D eigenvalue weighted by Crippen LogP contribution is 2.38. The normalized spacial score (nSPS) is 16.8. The quantitative estimate of drug-likeness (QED) is 0.534. The predicted octanol–water partition coefficient (Wildman–Crippen LogP) is 3.62. The lowest BCUT2D eigenvalue weighted by Crippen LogP contribution is -2.25. The highest BCUT2D eigenvalue weighted by molar-refractivity contribution is 5.60. The first kappa shape index (κ1) is 17.8. The van der Waals surface area contributed by atoms with Crippen LogP contribution in [0.15, 0.2) is 36.4 Å². The Balaban J connectivity index is 1.60. The maximum atomic E-state index is 14.3. The van der Waals surface area contributed by atoms with E-state index in [9.17, 15) is 4.39 Å². The van der Waals surface area contributed by atoms with Crippen LogP contribution in [0.4, 0.5) is 10.2 Å². The molecule has 1 aromatic carbocycles. The van der Waals surface area contributed by atoms with Crippen LogP contribution < -0.4 is 4.90 Å². The van der Waals surface area contributed by atoms with E-state index in [1.165, 1.54) is 17.3 Å². The number of anilines is 1. The highest BCUT2D eigenvalue weighted by atomic mass is 19.1. The van der Waals surface area contributed by atoms with E-state index in [0.29, 0.717) is 17.0 Å². The van der Waals surface area contributed by atoms with Crippen molar-refractivity contribution >= 4 is 11.5 Å². The number of aryl methyl sites for hydroxylation is 2. The van der Waals surface area contributed by atoms with Gasteiger partial charge in [-0.1, -0.05) is 12.1 Å². The fourth-order valence-electron chi connectivity index (χ4n) is 4.36. The zero-order chi connectivity index (χ0) is 20.1. The molecule has 1 aliphatic heterocycles. The zero-order valence-electron chi connectivity index (χ0n) is 16.7. The Kier molecular flexibility index (Phi) is 4.08. The molecule has 3 aromatic heterocycles. The molecule has 0 radical (unpaired) electrons. The number of hydrogen-bond acceptors (Lipinski definition) is 5. The molecule has 1 saturated heterocycles. The maximum absolute atomic E-state index is 14.3. The molecular formula is C21H22FN7. The van der Waals surface area contributed by atoms with Crippen molar-refractivity contribution in [3.63, 3.8) is 0 Å². The van der Waals surface area contributed by atoms with Crippen LogP contribution in [0.2, 0.25) is 0 Å². The second-order valence-corrected chi connectivity index (χ2v) is 7.52. The van der Waals surface area contributed by atoms with Crippen LogP contribution in [0, 0.1) is 19.7 Å². The smallest absolute Gasteiger partial charge is 0.188 e. The van der Waals surface area contributed by atoms with E-state index in [1.54, 1.807) is 22.7 Å². The Bertz CT molecular complexity index is 1210. The molecule has 5 rings (SSSR count). The number of hydrogen-bond donors (Lipinski definition) is 0. The summed E-state index contributed by atoms with van der Waals surface area (Å²) in [6.07, 6.45) is 2.13. The summed E-state index contributed by atoms with van der Waals surface area (Å²) in [7, 11) is 1.98. The minimum Gasteiger partial charge on any atom is -0.348 e. The Hall–Kier alpha value is -3.29. The van der Waals surface area contributed by atoms with E-state index in [2.05, 4.69) is 34.0 Å². The summed E-state index contributed by atoms with van der Waals surface area (Å²) < 4.78 is 17.9. The van der Waals surface area contributed by atoms with Gasteiger partial charge in [-0.05, 0) is 51.0 Å². The topological polar surface area (TPSA) is 64.1 Å². The van der Waals surface area contributed by atoms with Gasteiger partial charge in [0.2, 0.25) is 0 Å². The predicted molar refractivity (Wildman–Crippen MR) is 108 cm³/mol. The maximum Gasteiger partial charge on any atom is 0.188 e. The van der Waals surface area contributed by atoms with Gasteiger partial charge in [0.25, 0.3) is 0 Å². The average molecular weight is 391 g/mol. The Morgan fingerprint density at radius 1 is 1.03 bits per heavy atom. The molecule has 0 N–H and O–H groups in total. The molecule has 0 amide bonds. The summed E-state index contributed by atoms with van der Waals surface area (Å²) in [4.78, 5) is 2.31. The minimum absolute atomic E-state index is 0.224. The molecule has 1 aliphatic rings. The van der Waals surface area contributed by atoms with E-state index >= 15 is 0 Å². The fourth-order valence-corrected chi connectivity index (χ4v) is 4.36. The van der Waals surface area contributed by atoms with Crippen LogP contribution in [0.3, 0.4) is 0 Å². The summed E-state index contributed by atoms with van der Waals surface area (Å²) in [5, 5.41) is 17.7. The SMILES string of the molecule is Cc1nn(C)c(C)c1C1CCCN1c1ccc2nnc(-c3ccccc3F)n2n1. The molecule has 4 aromatic rings. The number of aromatic nitrogens is 6. The first-order valence-corrected chi connectivity index (χ1v) is 9.78. The largest absolute Gasteiger partial charge is 0.348 e. The number of halogens is 1. The first-order chi connectivity index (χ1) is 14.0. The van der Waals surface area contributed by atoms with Crippen LogP contribution in [0.1, 0.15) is 35.8 Å². The van der Waals surface area contributed by atoms with Gasteiger partial charge in [0.05, 0.1) is 17.3 Å². The average Bonchev–Trinajstić information content (AvgIpc) is 3.40. The van der Waals surface area contributed by atoms with E-state index in [1.807, 2.05) is 23.9 Å². The number of rotatable bonds is 3. The lowest BCUT2D eigenvalue weighted by atomic mass is 10.0. The lowest BCUT2D eigenvalue weighted by molar-refractivity contribution is 0.629. The summed E-state index contributed by atoms with van der Waals surface area (Å²) in [6, 6.07) is 10.6. The van der Waals surface area contributed by atoms with E-state index in [0.717, 1.165) is 30.9 Å². The van der Waals surface area contributed by atoms with Crippen molar-refractivity contribution in [3.05, 3.63) is 59.2 Å². The molecular weight excluding hydrogens is 369 g/mol. The molecule has 7 nitrogen and oxygen atoms in total. The van der Waals surface area contributed by atoms with Gasteiger partial charge in [-0.2, -0.15) is 9.61 Å². The monoisotopic (exact) mass is 391 g/mol. The summed E-state index contributed by atoms with van der Waals surface area (Å²) in [6.45, 7) is 5.08. The van der Waals surface area contributed by atoms with Gasteiger partial charge in [0, 0.05) is 24.8 Å². The van der Waals surface area contributed by atoms with Crippen molar-refractivity contribution in [2.24, 2.45) is 7.05 Å². The zero-order valence-corrected chi connectivity index (χ0v) is 16.7. The molecule has 0 saturated carbocycles. The standard InChI is InChI=1S/C21H22FN7/c1-13-20(14(2)27(3)25-13)17-9-6-12-28(17)19-11-10-18-23-24-21(29(18)26-19)15-7-4-5-8-16(15)22/h4-5,7-8,10-11,17H,6,9,12H2,1-3H3. The number of nitrogens with zero attached hydrogens (tertiary/aromatic N) is 7. The van der Waals surface area contributed by atoms with Gasteiger partial charge in [-0.3, -0.25) is 4.68 Å². The summed E-state index contributed by atoms with van der Waals surface area (Å²) in [5.41, 5.74) is 4.49. The van der Waals surface area contributed by atoms with Crippen molar-refractivity contribution in [2.75, 3.05) is 11.4 Å². The Morgan fingerprint density at radius 2 is 1.86 bits per heavy atom. The molecule has 1 atom stereocenters. The number of fused-ring (bicyclic) bond motifs is 1. The Morgan fingerprint density at radius 3 is 2.62 bits per heavy atom. The molecule has 1 fully saturated rings. The second-order valence-electron chi connectivity index (χ2n) is 7.52. The Labute approximate surface area is 167 Å². The van der Waals surface area contributed by atoms with Crippen molar-refractivity contribution in [2.45, 2.75) is 32.7 Å². The van der Waals surface area contributed by atoms with Crippen LogP contribution in [-0.2, 0) is 7.05 Å². The van der Waals surface area contributed by atoms with Gasteiger partial charge in [0.15, 0.2) is 11.5 Å². The van der Waals surface area contributed by atoms with Crippen molar-refractivity contribution in [3.8, 4) is 11.4 Å². The van der Waals surface area contributed by atoms with Crippen LogP contribution in [-0.4, -0.2) is 36.1 Å². The lowest BCUT2D eigenvalue weighted by Gasteiger charge is -2.26. The van der Waals surface area contributed by atoms with Gasteiger partial charge in [-0.15, -0.1) is 15.3 Å². The molecule has 8 heteroatoms. The van der Waals surface area contributed by atoms with E-state index < -0.39 is 0 Å². The number of benzene rings is 1. The second kappa shape index (κ2) is 6.65. The molecule has 0 spiro atoms. The fraction of sp³-hybridized carbons (Fsp3) is 0.333. The van der Waals surface area contributed by atoms with Crippen LogP contribution >= 0.6 is 0 Å². The first-order valence-electron chi connectivity index (χ1n) is 9.78. The molecule has 0 bridgehead atoms. The molecule has 0 aliphatic carbocycles. The van der Waals surface area contributed by atoms with E-state index in [-0.39, 0.29) is 11.9 Å².